The van der Waals surface area contributed by atoms with E-state index in [9.17, 15) is 0 Å². The normalized spacial score (nSPS) is 14.2. The summed E-state index contributed by atoms with van der Waals surface area (Å²) >= 11 is 0. The highest BCUT2D eigenvalue weighted by Gasteiger charge is 2.75. The molecule has 1 saturated heterocycles. The molecule has 3 heterocycles. The van der Waals surface area contributed by atoms with Crippen LogP contribution in [0.25, 0.3) is 43.8 Å². The molecule has 0 amide bonds. The van der Waals surface area contributed by atoms with Gasteiger partial charge in [-0.2, -0.15) is 0 Å². The molecule has 1 fully saturated rings. The van der Waals surface area contributed by atoms with Gasteiger partial charge in [-0.1, -0.05) is 206 Å². The first kappa shape index (κ1) is 35.8. The van der Waals surface area contributed by atoms with Gasteiger partial charge in [0, 0.05) is 23.2 Å². The van der Waals surface area contributed by atoms with E-state index in [-0.39, 0.29) is 0 Å². The number of pyridine rings is 2. The summed E-state index contributed by atoms with van der Waals surface area (Å²) in [5.41, 5.74) is 4.75. The Balaban J connectivity index is 1.22. The zero-order valence-corrected chi connectivity index (χ0v) is 34.9. The molecule has 0 spiro atoms. The number of hydrogen-bond donors (Lipinski definition) is 0. The molecular formula is C54H40N4Si2. The molecule has 0 radical (unpaired) electrons. The van der Waals surface area contributed by atoms with Crippen molar-refractivity contribution in [1.82, 2.24) is 9.97 Å². The Kier molecular flexibility index (Phi) is 8.80. The Labute approximate surface area is 352 Å². The fourth-order valence-corrected chi connectivity index (χ4v) is 24.4. The number of fused-ring (bicyclic) bond motifs is 2. The lowest BCUT2D eigenvalue weighted by Gasteiger charge is -2.71. The Morgan fingerprint density at radius 1 is 0.267 bits per heavy atom. The molecule has 60 heavy (non-hydrogen) atoms. The highest BCUT2D eigenvalue weighted by molar-refractivity contribution is 7.38. The van der Waals surface area contributed by atoms with Crippen molar-refractivity contribution in [2.24, 2.45) is 0 Å². The van der Waals surface area contributed by atoms with Crippen LogP contribution in [0.2, 0.25) is 0 Å². The molecule has 0 unspecified atom stereocenters. The number of hydrogen-bond acceptors (Lipinski definition) is 4. The van der Waals surface area contributed by atoms with Crippen LogP contribution in [0.3, 0.4) is 0 Å². The molecule has 284 valence electrons. The van der Waals surface area contributed by atoms with Crippen molar-refractivity contribution in [3.05, 3.63) is 243 Å². The van der Waals surface area contributed by atoms with Gasteiger partial charge in [-0.3, -0.25) is 0 Å². The molecule has 1 aliphatic rings. The number of rotatable bonds is 8. The summed E-state index contributed by atoms with van der Waals surface area (Å²) in [6, 6.07) is 84.0. The summed E-state index contributed by atoms with van der Waals surface area (Å²) in [5.74, 6) is 1.94. The molecular weight excluding hydrogens is 761 g/mol. The smallest absolute Gasteiger partial charge is 0.320 e. The van der Waals surface area contributed by atoms with Crippen LogP contribution in [-0.4, -0.2) is 26.8 Å². The summed E-state index contributed by atoms with van der Waals surface area (Å²) < 4.78 is 5.65. The van der Waals surface area contributed by atoms with Crippen LogP contribution in [0.1, 0.15) is 0 Å². The maximum absolute atomic E-state index is 5.52. The molecule has 0 bridgehead atoms. The van der Waals surface area contributed by atoms with Gasteiger partial charge in [-0.05, 0) is 78.0 Å². The summed E-state index contributed by atoms with van der Waals surface area (Å²) in [7, 11) is -6.47. The van der Waals surface area contributed by atoms with E-state index in [4.69, 9.17) is 9.97 Å². The first-order chi connectivity index (χ1) is 29.7. The molecule has 4 nitrogen and oxygen atoms in total. The molecule has 10 aromatic rings. The SMILES string of the molecule is c1ccc(-c2ccc3cc(N4[Si](c5ccccc5)(c5ccccc5)N(c5cc6ccc(-c7ccccc7)cc6cn5)[Si]4(c4ccccc4)c4ccccc4)ncc3c2)cc1. The predicted octanol–water partition coefficient (Wildman–Crippen LogP) is 9.96. The second kappa shape index (κ2) is 14.8. The van der Waals surface area contributed by atoms with Crippen molar-refractivity contribution in [3.63, 3.8) is 0 Å². The van der Waals surface area contributed by atoms with E-state index in [0.717, 1.165) is 33.2 Å². The summed E-state index contributed by atoms with van der Waals surface area (Å²) in [5, 5.41) is 9.63. The highest BCUT2D eigenvalue weighted by atomic mass is 28.5. The number of aromatic nitrogens is 2. The van der Waals surface area contributed by atoms with Crippen molar-refractivity contribution in [2.75, 3.05) is 8.46 Å². The van der Waals surface area contributed by atoms with Crippen LogP contribution in [0.4, 0.5) is 11.6 Å². The first-order valence-electron chi connectivity index (χ1n) is 20.5. The van der Waals surface area contributed by atoms with Crippen LogP contribution in [-0.2, 0) is 0 Å². The molecule has 0 N–H and O–H groups in total. The van der Waals surface area contributed by atoms with Gasteiger partial charge in [-0.15, -0.1) is 0 Å². The maximum atomic E-state index is 5.52. The minimum absolute atomic E-state index is 0.971. The van der Waals surface area contributed by atoms with E-state index in [0.29, 0.717) is 0 Å². The maximum Gasteiger partial charge on any atom is 0.320 e. The van der Waals surface area contributed by atoms with E-state index in [1.165, 1.54) is 43.0 Å². The van der Waals surface area contributed by atoms with Crippen molar-refractivity contribution in [3.8, 4) is 22.3 Å². The van der Waals surface area contributed by atoms with Crippen LogP contribution in [0.15, 0.2) is 243 Å². The minimum Gasteiger partial charge on any atom is -0.363 e. The second-order valence-electron chi connectivity index (χ2n) is 15.4. The quantitative estimate of drug-likeness (QED) is 0.143. The largest absolute Gasteiger partial charge is 0.363 e. The Morgan fingerprint density at radius 3 is 0.883 bits per heavy atom. The first-order valence-corrected chi connectivity index (χ1v) is 24.3. The molecule has 2 aromatic heterocycles. The standard InChI is InChI=1S/C54H40N4Si2/c1-7-19-41(20-8-1)43-31-33-45-37-53(55-39-47(45)35-43)57-59(49-23-11-3-12-24-49,50-25-13-4-14-26-50)58(60(57,51-27-15-5-16-28-51)52-29-17-6-18-30-52)54-38-46-34-32-44(36-48(46)40-56-54)42-21-9-2-10-22-42/h1-40H. The van der Waals surface area contributed by atoms with Gasteiger partial charge >= 0.3 is 16.8 Å². The van der Waals surface area contributed by atoms with E-state index >= 15 is 0 Å². The molecule has 0 atom stereocenters. The van der Waals surface area contributed by atoms with Crippen LogP contribution >= 0.6 is 0 Å². The van der Waals surface area contributed by atoms with Gasteiger partial charge in [0.1, 0.15) is 11.6 Å². The van der Waals surface area contributed by atoms with E-state index in [1.807, 2.05) is 0 Å². The fourth-order valence-electron chi connectivity index (χ4n) is 9.46. The molecule has 1 aliphatic heterocycles. The summed E-state index contributed by atoms with van der Waals surface area (Å²) in [4.78, 5) is 11.0. The average molecular weight is 801 g/mol. The Hall–Kier alpha value is -7.39. The lowest BCUT2D eigenvalue weighted by atomic mass is 10.0. The fraction of sp³-hybridized carbons (Fsp3) is 0. The molecule has 11 rings (SSSR count). The van der Waals surface area contributed by atoms with Gasteiger partial charge in [0.15, 0.2) is 0 Å². The Morgan fingerprint density at radius 2 is 0.567 bits per heavy atom. The van der Waals surface area contributed by atoms with Gasteiger partial charge in [0.05, 0.1) is 0 Å². The Bertz CT molecular complexity index is 2790. The third-order valence-electron chi connectivity index (χ3n) is 12.1. The summed E-state index contributed by atoms with van der Waals surface area (Å²) in [6.45, 7) is 0. The van der Waals surface area contributed by atoms with Crippen molar-refractivity contribution >= 4 is 70.7 Å². The minimum atomic E-state index is -3.23. The lowest BCUT2D eigenvalue weighted by molar-refractivity contribution is 1.13. The average Bonchev–Trinajstić information content (AvgIpc) is 3.33. The van der Waals surface area contributed by atoms with Crippen LogP contribution in [0.5, 0.6) is 0 Å². The van der Waals surface area contributed by atoms with Gasteiger partial charge in [0.2, 0.25) is 0 Å². The third-order valence-corrected chi connectivity index (χ3v) is 24.0. The lowest BCUT2D eigenvalue weighted by Crippen LogP contribution is -3.07. The van der Waals surface area contributed by atoms with Crippen molar-refractivity contribution in [2.45, 2.75) is 0 Å². The molecule has 0 aliphatic carbocycles. The zero-order chi connectivity index (χ0) is 39.9. The molecule has 0 saturated carbocycles. The van der Waals surface area contributed by atoms with Crippen molar-refractivity contribution < 1.29 is 0 Å². The predicted molar refractivity (Wildman–Crippen MR) is 255 cm³/mol. The number of anilines is 2. The molecule has 6 heteroatoms. The van der Waals surface area contributed by atoms with Crippen LogP contribution in [0, 0.1) is 0 Å². The van der Waals surface area contributed by atoms with Gasteiger partial charge < -0.3 is 8.46 Å². The van der Waals surface area contributed by atoms with Gasteiger partial charge in [0.25, 0.3) is 0 Å². The number of benzene rings is 8. The number of nitrogens with zero attached hydrogens (tertiary/aromatic N) is 4. The van der Waals surface area contributed by atoms with E-state index < -0.39 is 16.8 Å². The van der Waals surface area contributed by atoms with Gasteiger partial charge in [-0.25, -0.2) is 9.97 Å². The second-order valence-corrected chi connectivity index (χ2v) is 23.1. The third kappa shape index (κ3) is 5.64. The van der Waals surface area contributed by atoms with Crippen LogP contribution < -0.4 is 29.2 Å². The van der Waals surface area contributed by atoms with E-state index in [2.05, 4.69) is 251 Å². The topological polar surface area (TPSA) is 32.3 Å². The highest BCUT2D eigenvalue weighted by Crippen LogP contribution is 2.45. The molecule has 8 aromatic carbocycles. The zero-order valence-electron chi connectivity index (χ0n) is 32.9. The van der Waals surface area contributed by atoms with Crippen molar-refractivity contribution in [1.29, 1.82) is 0 Å². The summed E-state index contributed by atoms with van der Waals surface area (Å²) in [6.07, 6.45) is 4.17. The van der Waals surface area contributed by atoms with E-state index in [1.54, 1.807) is 0 Å². The monoisotopic (exact) mass is 800 g/mol.